The molecule has 4 atom stereocenters. The Morgan fingerprint density at radius 3 is 2.44 bits per heavy atom. The van der Waals surface area contributed by atoms with Gasteiger partial charge in [0.05, 0.1) is 17.8 Å². The summed E-state index contributed by atoms with van der Waals surface area (Å²) < 4.78 is 0. The van der Waals surface area contributed by atoms with Crippen molar-refractivity contribution in [3.8, 4) is 0 Å². The summed E-state index contributed by atoms with van der Waals surface area (Å²) in [6, 6.07) is 20.3. The molecule has 1 saturated heterocycles. The second-order valence-electron chi connectivity index (χ2n) is 11.1. The molecule has 0 spiro atoms. The Balaban J connectivity index is 1.58. The summed E-state index contributed by atoms with van der Waals surface area (Å²) in [4.78, 5) is 56.9. The van der Waals surface area contributed by atoms with Crippen molar-refractivity contribution in [2.24, 2.45) is 5.73 Å². The smallest absolute Gasteiger partial charge is 0.250 e. The summed E-state index contributed by atoms with van der Waals surface area (Å²) in [7, 11) is 1.73. The van der Waals surface area contributed by atoms with Crippen molar-refractivity contribution < 1.29 is 19.2 Å². The second-order valence-corrected chi connectivity index (χ2v) is 11.1. The highest BCUT2D eigenvalue weighted by Crippen LogP contribution is 2.31. The predicted octanol–water partition coefficient (Wildman–Crippen LogP) is 3.20. The number of likely N-dealkylation sites (N-methyl/N-ethyl adjacent to an activating group) is 1. The minimum Gasteiger partial charge on any atom is -0.343 e. The fourth-order valence-corrected chi connectivity index (χ4v) is 5.86. The van der Waals surface area contributed by atoms with Crippen molar-refractivity contribution in [3.63, 3.8) is 0 Å². The normalized spacial score (nSPS) is 16.8. The maximum Gasteiger partial charge on any atom is 0.250 e. The Bertz CT molecular complexity index is 1390. The zero-order valence-corrected chi connectivity index (χ0v) is 25.1. The van der Waals surface area contributed by atoms with Gasteiger partial charge in [-0.25, -0.2) is 0 Å². The molecular weight excluding hydrogens is 542 g/mol. The third kappa shape index (κ3) is 7.66. The van der Waals surface area contributed by atoms with Gasteiger partial charge in [0, 0.05) is 11.9 Å². The van der Waals surface area contributed by atoms with E-state index in [2.05, 4.69) is 10.6 Å². The van der Waals surface area contributed by atoms with Crippen LogP contribution in [0.3, 0.4) is 0 Å². The highest BCUT2D eigenvalue weighted by molar-refractivity contribution is 6.08. The molecule has 0 saturated carbocycles. The average Bonchev–Trinajstić information content (AvgIpc) is 3.53. The number of aldehydes is 1. The minimum absolute atomic E-state index is 0.272. The van der Waals surface area contributed by atoms with E-state index in [1.807, 2.05) is 72.8 Å². The molecule has 9 heteroatoms. The van der Waals surface area contributed by atoms with Gasteiger partial charge in [0.1, 0.15) is 18.4 Å². The fourth-order valence-electron chi connectivity index (χ4n) is 5.86. The summed E-state index contributed by atoms with van der Waals surface area (Å²) in [5, 5.41) is 7.87. The zero-order valence-electron chi connectivity index (χ0n) is 25.1. The van der Waals surface area contributed by atoms with E-state index in [0.29, 0.717) is 57.3 Å². The van der Waals surface area contributed by atoms with Crippen molar-refractivity contribution in [1.29, 1.82) is 0 Å². The molecule has 228 valence electrons. The number of benzene rings is 3. The molecule has 1 fully saturated rings. The van der Waals surface area contributed by atoms with Gasteiger partial charge in [-0.05, 0) is 76.1 Å². The SMILES string of the molecule is CN[C@@H](Cc1ccccc1)C(=O)N[C@@H](CCCCN)C(=O)N1CCC[C@H]1C(=O)N(c1cccc2ccccc12)[C@@H](C)C=O. The number of carbonyl (C=O) groups is 4. The van der Waals surface area contributed by atoms with Gasteiger partial charge in [0.25, 0.3) is 0 Å². The number of hydrogen-bond donors (Lipinski definition) is 3. The number of rotatable bonds is 14. The number of unbranched alkanes of at least 4 members (excludes halogenated alkanes) is 1. The van der Waals surface area contributed by atoms with Crippen LogP contribution in [-0.2, 0) is 25.6 Å². The molecule has 0 radical (unpaired) electrons. The third-order valence-electron chi connectivity index (χ3n) is 8.20. The molecule has 3 amide bonds. The molecule has 1 aliphatic heterocycles. The number of carbonyl (C=O) groups excluding carboxylic acids is 4. The van der Waals surface area contributed by atoms with E-state index in [1.54, 1.807) is 18.9 Å². The van der Waals surface area contributed by atoms with E-state index in [1.165, 1.54) is 4.90 Å². The standard InChI is InChI=1S/C34H43N5O4/c1-24(23-40)39(30-18-10-15-26-14-6-7-16-27(26)30)34(43)31-19-11-21-38(31)33(42)28(17-8-9-20-35)37-32(41)29(36-2)22-25-12-4-3-5-13-25/h3-7,10,12-16,18,23-24,28-29,31,36H,8-9,11,17,19-22,35H2,1-2H3,(H,37,41)/t24-,28-,29-,31-/m0/s1. The first-order valence-corrected chi connectivity index (χ1v) is 15.2. The van der Waals surface area contributed by atoms with Gasteiger partial charge >= 0.3 is 0 Å². The first-order valence-electron chi connectivity index (χ1n) is 15.2. The van der Waals surface area contributed by atoms with Crippen LogP contribution in [0.25, 0.3) is 10.8 Å². The number of nitrogens with zero attached hydrogens (tertiary/aromatic N) is 2. The first kappa shape index (κ1) is 31.8. The molecule has 9 nitrogen and oxygen atoms in total. The lowest BCUT2D eigenvalue weighted by Gasteiger charge is -2.34. The van der Waals surface area contributed by atoms with E-state index in [-0.39, 0.29) is 17.7 Å². The molecule has 0 bridgehead atoms. The van der Waals surface area contributed by atoms with Crippen LogP contribution in [0.2, 0.25) is 0 Å². The average molecular weight is 586 g/mol. The monoisotopic (exact) mass is 585 g/mol. The third-order valence-corrected chi connectivity index (χ3v) is 8.20. The first-order chi connectivity index (χ1) is 20.9. The van der Waals surface area contributed by atoms with Crippen LogP contribution in [0.1, 0.15) is 44.6 Å². The summed E-state index contributed by atoms with van der Waals surface area (Å²) in [6.07, 6.45) is 4.15. The number of nitrogens with two attached hydrogens (primary N) is 1. The molecule has 4 rings (SSSR count). The number of hydrogen-bond acceptors (Lipinski definition) is 6. The van der Waals surface area contributed by atoms with Gasteiger partial charge in [-0.2, -0.15) is 0 Å². The molecule has 3 aromatic rings. The maximum absolute atomic E-state index is 14.2. The van der Waals surface area contributed by atoms with E-state index < -0.39 is 24.2 Å². The molecule has 0 aromatic heterocycles. The Hall–Kier alpha value is -4.08. The van der Waals surface area contributed by atoms with Crippen LogP contribution >= 0.6 is 0 Å². The van der Waals surface area contributed by atoms with Crippen molar-refractivity contribution in [2.45, 2.75) is 69.6 Å². The highest BCUT2D eigenvalue weighted by Gasteiger charge is 2.41. The molecule has 0 unspecified atom stereocenters. The molecule has 43 heavy (non-hydrogen) atoms. The summed E-state index contributed by atoms with van der Waals surface area (Å²) in [6.45, 7) is 2.57. The van der Waals surface area contributed by atoms with Gasteiger partial charge in [-0.3, -0.25) is 14.4 Å². The minimum atomic E-state index is -0.798. The van der Waals surface area contributed by atoms with Gasteiger partial charge < -0.3 is 31.0 Å². The molecular formula is C34H43N5O4. The van der Waals surface area contributed by atoms with E-state index in [9.17, 15) is 19.2 Å². The lowest BCUT2D eigenvalue weighted by Crippen LogP contribution is -2.57. The Morgan fingerprint density at radius 2 is 1.72 bits per heavy atom. The van der Waals surface area contributed by atoms with Crippen LogP contribution in [0.4, 0.5) is 5.69 Å². The van der Waals surface area contributed by atoms with Crippen molar-refractivity contribution >= 4 is 40.5 Å². The van der Waals surface area contributed by atoms with Crippen LogP contribution in [-0.4, -0.2) is 73.2 Å². The number of nitrogens with one attached hydrogen (secondary N) is 2. The van der Waals surface area contributed by atoms with Crippen LogP contribution in [0.15, 0.2) is 72.8 Å². The summed E-state index contributed by atoms with van der Waals surface area (Å²) in [5.41, 5.74) is 7.37. The van der Waals surface area contributed by atoms with Gasteiger partial charge in [0.2, 0.25) is 17.7 Å². The topological polar surface area (TPSA) is 125 Å². The lowest BCUT2D eigenvalue weighted by atomic mass is 10.0. The van der Waals surface area contributed by atoms with Gasteiger partial charge in [-0.1, -0.05) is 66.7 Å². The van der Waals surface area contributed by atoms with E-state index >= 15 is 0 Å². The molecule has 1 heterocycles. The summed E-state index contributed by atoms with van der Waals surface area (Å²) in [5.74, 6) is -0.857. The molecule has 0 aliphatic carbocycles. The van der Waals surface area contributed by atoms with E-state index in [4.69, 9.17) is 5.73 Å². The van der Waals surface area contributed by atoms with Crippen LogP contribution in [0.5, 0.6) is 0 Å². The van der Waals surface area contributed by atoms with Crippen LogP contribution < -0.4 is 21.3 Å². The fraction of sp³-hybridized carbons (Fsp3) is 0.412. The number of likely N-dealkylation sites (tertiary alicyclic amines) is 1. The van der Waals surface area contributed by atoms with Gasteiger partial charge in [-0.15, -0.1) is 0 Å². The Kier molecular flexibility index (Phi) is 11.4. The number of fused-ring (bicyclic) bond motifs is 1. The Morgan fingerprint density at radius 1 is 1.00 bits per heavy atom. The second kappa shape index (κ2) is 15.4. The molecule has 4 N–H and O–H groups in total. The number of amides is 3. The largest absolute Gasteiger partial charge is 0.343 e. The lowest BCUT2D eigenvalue weighted by molar-refractivity contribution is -0.141. The zero-order chi connectivity index (χ0) is 30.8. The molecule has 1 aliphatic rings. The quantitative estimate of drug-likeness (QED) is 0.197. The van der Waals surface area contributed by atoms with Crippen molar-refractivity contribution in [1.82, 2.24) is 15.5 Å². The van der Waals surface area contributed by atoms with E-state index in [0.717, 1.165) is 22.6 Å². The van der Waals surface area contributed by atoms with Gasteiger partial charge in [0.15, 0.2) is 0 Å². The van der Waals surface area contributed by atoms with Crippen LogP contribution in [0, 0.1) is 0 Å². The Labute approximate surface area is 253 Å². The highest BCUT2D eigenvalue weighted by atomic mass is 16.2. The molecule has 3 aromatic carbocycles. The number of anilines is 1. The predicted molar refractivity (Wildman–Crippen MR) is 170 cm³/mol. The van der Waals surface area contributed by atoms with Crippen molar-refractivity contribution in [2.75, 3.05) is 25.0 Å². The summed E-state index contributed by atoms with van der Waals surface area (Å²) >= 11 is 0. The maximum atomic E-state index is 14.2. The van der Waals surface area contributed by atoms with Crippen molar-refractivity contribution in [3.05, 3.63) is 78.4 Å².